The van der Waals surface area contributed by atoms with Crippen LogP contribution in [0.2, 0.25) is 0 Å². The standard InChI is InChI=1S/C15H18N4O3/c1-3-10-13(9(2)22-18-10)14(20)19-8-4-5-12(19)11-6-7-16-15(21)17-11/h6-7,12H,3-5,8H2,1-2H3,(H,16,17,21)/t12-/m1/s1. The Balaban J connectivity index is 1.94. The Bertz CT molecular complexity index is 749. The number of nitrogens with zero attached hydrogens (tertiary/aromatic N) is 3. The third kappa shape index (κ3) is 2.43. The van der Waals surface area contributed by atoms with Gasteiger partial charge in [-0.05, 0) is 32.3 Å². The predicted octanol–water partition coefficient (Wildman–Crippen LogP) is 1.61. The van der Waals surface area contributed by atoms with Gasteiger partial charge in [0.05, 0.1) is 11.7 Å². The van der Waals surface area contributed by atoms with Crippen LogP contribution in [-0.2, 0) is 6.42 Å². The molecule has 0 bridgehead atoms. The number of amides is 1. The number of carbonyl (C=O) groups is 1. The van der Waals surface area contributed by atoms with Crippen LogP contribution in [0.4, 0.5) is 0 Å². The van der Waals surface area contributed by atoms with Crippen LogP contribution < -0.4 is 5.69 Å². The maximum absolute atomic E-state index is 12.9. The van der Waals surface area contributed by atoms with Crippen molar-refractivity contribution in [2.24, 2.45) is 0 Å². The van der Waals surface area contributed by atoms with Crippen LogP contribution in [0.3, 0.4) is 0 Å². The molecule has 1 aliphatic heterocycles. The molecule has 1 saturated heterocycles. The van der Waals surface area contributed by atoms with Crippen molar-refractivity contribution in [2.45, 2.75) is 39.2 Å². The van der Waals surface area contributed by atoms with Gasteiger partial charge in [0.2, 0.25) is 0 Å². The monoisotopic (exact) mass is 302 g/mol. The van der Waals surface area contributed by atoms with Crippen molar-refractivity contribution in [3.05, 3.63) is 45.5 Å². The van der Waals surface area contributed by atoms with Crippen LogP contribution in [0.5, 0.6) is 0 Å². The molecule has 22 heavy (non-hydrogen) atoms. The lowest BCUT2D eigenvalue weighted by molar-refractivity contribution is 0.0730. The molecule has 0 unspecified atom stereocenters. The summed E-state index contributed by atoms with van der Waals surface area (Å²) < 4.78 is 5.16. The second-order valence-electron chi connectivity index (χ2n) is 5.40. The summed E-state index contributed by atoms with van der Waals surface area (Å²) in [4.78, 5) is 32.4. The molecule has 3 rings (SSSR count). The van der Waals surface area contributed by atoms with E-state index in [0.29, 0.717) is 30.0 Å². The van der Waals surface area contributed by atoms with Crippen LogP contribution in [-0.4, -0.2) is 32.5 Å². The molecule has 1 amide bonds. The molecule has 0 aromatic carbocycles. The second-order valence-corrected chi connectivity index (χ2v) is 5.40. The van der Waals surface area contributed by atoms with E-state index in [1.807, 2.05) is 6.92 Å². The zero-order valence-electron chi connectivity index (χ0n) is 12.6. The highest BCUT2D eigenvalue weighted by Gasteiger charge is 2.34. The SMILES string of the molecule is CCc1noc(C)c1C(=O)N1CCC[C@@H]1c1ccnc(=O)[nH]1. The van der Waals surface area contributed by atoms with Crippen molar-refractivity contribution in [3.63, 3.8) is 0 Å². The lowest BCUT2D eigenvalue weighted by Gasteiger charge is -2.24. The van der Waals surface area contributed by atoms with Crippen LogP contribution >= 0.6 is 0 Å². The first kappa shape index (κ1) is 14.5. The third-order valence-corrected chi connectivity index (χ3v) is 4.05. The number of likely N-dealkylation sites (tertiary alicyclic amines) is 1. The van der Waals surface area contributed by atoms with E-state index in [-0.39, 0.29) is 11.9 Å². The summed E-state index contributed by atoms with van der Waals surface area (Å²) in [5.74, 6) is 0.450. The van der Waals surface area contributed by atoms with Crippen molar-refractivity contribution in [2.75, 3.05) is 6.54 Å². The lowest BCUT2D eigenvalue weighted by Crippen LogP contribution is -2.32. The minimum absolute atomic E-state index is 0.0873. The molecule has 1 atom stereocenters. The van der Waals surface area contributed by atoms with Crippen LogP contribution in [0.25, 0.3) is 0 Å². The second kappa shape index (κ2) is 5.75. The summed E-state index contributed by atoms with van der Waals surface area (Å²) in [7, 11) is 0. The molecule has 2 aromatic rings. The van der Waals surface area contributed by atoms with E-state index in [0.717, 1.165) is 18.5 Å². The summed E-state index contributed by atoms with van der Waals surface area (Å²) in [5, 5.41) is 3.95. The minimum atomic E-state index is -0.396. The highest BCUT2D eigenvalue weighted by molar-refractivity contribution is 5.96. The van der Waals surface area contributed by atoms with E-state index in [1.54, 1.807) is 17.9 Å². The topological polar surface area (TPSA) is 92.1 Å². The summed E-state index contributed by atoms with van der Waals surface area (Å²) >= 11 is 0. The van der Waals surface area contributed by atoms with Gasteiger partial charge in [0.1, 0.15) is 11.3 Å². The Morgan fingerprint density at radius 1 is 1.55 bits per heavy atom. The summed E-state index contributed by atoms with van der Waals surface area (Å²) in [6, 6.07) is 1.61. The van der Waals surface area contributed by atoms with E-state index in [1.165, 1.54) is 6.20 Å². The van der Waals surface area contributed by atoms with Gasteiger partial charge in [-0.25, -0.2) is 9.78 Å². The number of aryl methyl sites for hydroxylation is 2. The fourth-order valence-electron chi connectivity index (χ4n) is 2.99. The molecule has 2 aromatic heterocycles. The molecular weight excluding hydrogens is 284 g/mol. The average Bonchev–Trinajstić information content (AvgIpc) is 3.13. The summed E-state index contributed by atoms with van der Waals surface area (Å²) in [5.41, 5.74) is 1.55. The zero-order valence-corrected chi connectivity index (χ0v) is 12.6. The van der Waals surface area contributed by atoms with E-state index in [2.05, 4.69) is 15.1 Å². The van der Waals surface area contributed by atoms with Crippen LogP contribution in [0, 0.1) is 6.92 Å². The van der Waals surface area contributed by atoms with Crippen molar-refractivity contribution < 1.29 is 9.32 Å². The van der Waals surface area contributed by atoms with Gasteiger partial charge in [0.25, 0.3) is 5.91 Å². The maximum atomic E-state index is 12.9. The molecule has 0 radical (unpaired) electrons. The average molecular weight is 302 g/mol. The number of hydrogen-bond donors (Lipinski definition) is 1. The number of carbonyl (C=O) groups excluding carboxylic acids is 1. The molecule has 1 aliphatic rings. The molecular formula is C15H18N4O3. The van der Waals surface area contributed by atoms with E-state index >= 15 is 0 Å². The summed E-state index contributed by atoms with van der Waals surface area (Å²) in [6.45, 7) is 4.34. The number of rotatable bonds is 3. The third-order valence-electron chi connectivity index (χ3n) is 4.05. The van der Waals surface area contributed by atoms with Crippen LogP contribution in [0.1, 0.15) is 53.3 Å². The fraction of sp³-hybridized carbons (Fsp3) is 0.467. The molecule has 3 heterocycles. The molecule has 0 saturated carbocycles. The van der Waals surface area contributed by atoms with E-state index in [4.69, 9.17) is 4.52 Å². The smallest absolute Gasteiger partial charge is 0.345 e. The van der Waals surface area contributed by atoms with Gasteiger partial charge in [0.15, 0.2) is 0 Å². The van der Waals surface area contributed by atoms with Crippen molar-refractivity contribution >= 4 is 5.91 Å². The van der Waals surface area contributed by atoms with Gasteiger partial charge in [-0.2, -0.15) is 0 Å². The highest BCUT2D eigenvalue weighted by atomic mass is 16.5. The quantitative estimate of drug-likeness (QED) is 0.929. The largest absolute Gasteiger partial charge is 0.361 e. The van der Waals surface area contributed by atoms with Crippen LogP contribution in [0.15, 0.2) is 21.6 Å². The Hall–Kier alpha value is -2.44. The lowest BCUT2D eigenvalue weighted by atomic mass is 10.1. The first-order valence-corrected chi connectivity index (χ1v) is 7.43. The molecule has 7 heteroatoms. The first-order chi connectivity index (χ1) is 10.6. The highest BCUT2D eigenvalue weighted by Crippen LogP contribution is 2.32. The minimum Gasteiger partial charge on any atom is -0.361 e. The van der Waals surface area contributed by atoms with Crippen molar-refractivity contribution in [1.29, 1.82) is 0 Å². The van der Waals surface area contributed by atoms with E-state index in [9.17, 15) is 9.59 Å². The number of aromatic amines is 1. The molecule has 116 valence electrons. The zero-order chi connectivity index (χ0) is 15.7. The predicted molar refractivity (Wildman–Crippen MR) is 78.5 cm³/mol. The van der Waals surface area contributed by atoms with Crippen molar-refractivity contribution in [3.8, 4) is 0 Å². The molecule has 7 nitrogen and oxygen atoms in total. The summed E-state index contributed by atoms with van der Waals surface area (Å²) in [6.07, 6.45) is 3.82. The molecule has 1 fully saturated rings. The molecule has 0 aliphatic carbocycles. The van der Waals surface area contributed by atoms with Crippen molar-refractivity contribution in [1.82, 2.24) is 20.0 Å². The first-order valence-electron chi connectivity index (χ1n) is 7.43. The Kier molecular flexibility index (Phi) is 3.79. The number of nitrogens with one attached hydrogen (secondary N) is 1. The van der Waals surface area contributed by atoms with Gasteiger partial charge < -0.3 is 14.4 Å². The van der Waals surface area contributed by atoms with Gasteiger partial charge in [-0.1, -0.05) is 12.1 Å². The Labute approximate surface area is 127 Å². The van der Waals surface area contributed by atoms with Gasteiger partial charge >= 0.3 is 5.69 Å². The Morgan fingerprint density at radius 3 is 3.09 bits per heavy atom. The van der Waals surface area contributed by atoms with Gasteiger partial charge in [-0.3, -0.25) is 4.79 Å². The normalized spacial score (nSPS) is 17.9. The number of aromatic nitrogens is 3. The maximum Gasteiger partial charge on any atom is 0.345 e. The van der Waals surface area contributed by atoms with E-state index < -0.39 is 5.69 Å². The number of H-pyrrole nitrogens is 1. The molecule has 1 N–H and O–H groups in total. The fourth-order valence-corrected chi connectivity index (χ4v) is 2.99. The Morgan fingerprint density at radius 2 is 2.36 bits per heavy atom. The molecule has 0 spiro atoms. The van der Waals surface area contributed by atoms with Gasteiger partial charge in [0, 0.05) is 18.4 Å². The van der Waals surface area contributed by atoms with Gasteiger partial charge in [-0.15, -0.1) is 0 Å². The number of hydrogen-bond acceptors (Lipinski definition) is 5.